The molecule has 134 valence electrons. The number of aromatic nitrogens is 1. The number of nitrogens with zero attached hydrogens (tertiary/aromatic N) is 1. The van der Waals surface area contributed by atoms with Gasteiger partial charge in [-0.2, -0.15) is 0 Å². The number of phenols is 1. The molecule has 5 nitrogen and oxygen atoms in total. The Morgan fingerprint density at radius 3 is 2.77 bits per heavy atom. The fourth-order valence-electron chi connectivity index (χ4n) is 2.63. The van der Waals surface area contributed by atoms with Crippen molar-refractivity contribution in [1.29, 1.82) is 0 Å². The smallest absolute Gasteiger partial charge is 0.255 e. The zero-order chi connectivity index (χ0) is 18.5. The summed E-state index contributed by atoms with van der Waals surface area (Å²) in [5.74, 6) is -0.201. The van der Waals surface area contributed by atoms with Crippen molar-refractivity contribution in [2.45, 2.75) is 12.5 Å². The number of pyridine rings is 1. The number of anilines is 1. The molecule has 0 spiro atoms. The second kappa shape index (κ2) is 7.97. The molecule has 0 saturated carbocycles. The van der Waals surface area contributed by atoms with Crippen molar-refractivity contribution in [2.75, 3.05) is 12.4 Å². The maximum absolute atomic E-state index is 12.7. The molecule has 7 heteroatoms. The van der Waals surface area contributed by atoms with Gasteiger partial charge in [0.25, 0.3) is 5.91 Å². The SMILES string of the molecule is Nc1nc(CCF)ccc1C(=O)NC(c1cccc(O)c1)c1cccs1. The lowest BCUT2D eigenvalue weighted by Gasteiger charge is -2.19. The minimum atomic E-state index is -0.532. The van der Waals surface area contributed by atoms with Crippen LogP contribution in [0.3, 0.4) is 0 Å². The number of nitrogens with one attached hydrogen (secondary N) is 1. The lowest BCUT2D eigenvalue weighted by Crippen LogP contribution is -2.29. The summed E-state index contributed by atoms with van der Waals surface area (Å²) in [6.07, 6.45) is 0.160. The van der Waals surface area contributed by atoms with Gasteiger partial charge in [-0.15, -0.1) is 11.3 Å². The topological polar surface area (TPSA) is 88.2 Å². The van der Waals surface area contributed by atoms with Gasteiger partial charge in [0.2, 0.25) is 0 Å². The van der Waals surface area contributed by atoms with Gasteiger partial charge < -0.3 is 16.2 Å². The molecule has 26 heavy (non-hydrogen) atoms. The lowest BCUT2D eigenvalue weighted by molar-refractivity contribution is 0.0944. The highest BCUT2D eigenvalue weighted by molar-refractivity contribution is 7.10. The summed E-state index contributed by atoms with van der Waals surface area (Å²) in [5.41, 5.74) is 7.36. The van der Waals surface area contributed by atoms with E-state index in [1.807, 2.05) is 23.6 Å². The molecule has 3 rings (SSSR count). The van der Waals surface area contributed by atoms with Gasteiger partial charge in [0, 0.05) is 17.0 Å². The quantitative estimate of drug-likeness (QED) is 0.619. The molecule has 1 unspecified atom stereocenters. The molecule has 0 aliphatic heterocycles. The number of phenolic OH excluding ortho intramolecular Hbond substituents is 1. The first-order valence-corrected chi connectivity index (χ1v) is 8.91. The van der Waals surface area contributed by atoms with Crippen LogP contribution in [0.4, 0.5) is 10.2 Å². The first-order chi connectivity index (χ1) is 12.6. The molecule has 0 radical (unpaired) electrons. The minimum Gasteiger partial charge on any atom is -0.508 e. The van der Waals surface area contributed by atoms with Gasteiger partial charge in [-0.05, 0) is 41.3 Å². The fourth-order valence-corrected chi connectivity index (χ4v) is 3.44. The molecular formula is C19H18FN3O2S. The summed E-state index contributed by atoms with van der Waals surface area (Å²) >= 11 is 1.50. The van der Waals surface area contributed by atoms with Gasteiger partial charge in [0.15, 0.2) is 0 Å². The number of nitrogens with two attached hydrogens (primary N) is 1. The normalized spacial score (nSPS) is 11.9. The minimum absolute atomic E-state index is 0.0642. The number of alkyl halides is 1. The van der Waals surface area contributed by atoms with Crippen molar-refractivity contribution >= 4 is 23.1 Å². The molecule has 1 amide bonds. The van der Waals surface area contributed by atoms with Crippen molar-refractivity contribution in [3.05, 3.63) is 75.6 Å². The predicted octanol–water partition coefficient (Wildman–Crippen LogP) is 3.46. The van der Waals surface area contributed by atoms with Gasteiger partial charge in [-0.3, -0.25) is 9.18 Å². The predicted molar refractivity (Wildman–Crippen MR) is 100 cm³/mol. The third kappa shape index (κ3) is 4.00. The maximum atomic E-state index is 12.7. The summed E-state index contributed by atoms with van der Waals surface area (Å²) < 4.78 is 12.4. The van der Waals surface area contributed by atoms with E-state index in [2.05, 4.69) is 10.3 Å². The van der Waals surface area contributed by atoms with E-state index in [0.717, 1.165) is 10.4 Å². The number of carbonyl (C=O) groups excluding carboxylic acids is 1. The Morgan fingerprint density at radius 1 is 1.27 bits per heavy atom. The highest BCUT2D eigenvalue weighted by atomic mass is 32.1. The van der Waals surface area contributed by atoms with Crippen molar-refractivity contribution in [3.63, 3.8) is 0 Å². The van der Waals surface area contributed by atoms with Crippen molar-refractivity contribution in [1.82, 2.24) is 10.3 Å². The van der Waals surface area contributed by atoms with Crippen LogP contribution in [0.5, 0.6) is 5.75 Å². The van der Waals surface area contributed by atoms with Crippen molar-refractivity contribution in [3.8, 4) is 5.75 Å². The Labute approximate surface area is 154 Å². The summed E-state index contributed by atoms with van der Waals surface area (Å²) in [6.45, 7) is -0.532. The molecule has 4 N–H and O–H groups in total. The van der Waals surface area contributed by atoms with Gasteiger partial charge in [-0.1, -0.05) is 18.2 Å². The molecule has 2 heterocycles. The van der Waals surface area contributed by atoms with Gasteiger partial charge in [0.05, 0.1) is 18.3 Å². The van der Waals surface area contributed by atoms with E-state index in [1.165, 1.54) is 11.3 Å². The number of amides is 1. The number of hydrogen-bond donors (Lipinski definition) is 3. The number of rotatable bonds is 6. The number of aryl methyl sites for hydroxylation is 1. The van der Waals surface area contributed by atoms with Crippen molar-refractivity contribution in [2.24, 2.45) is 0 Å². The first kappa shape index (κ1) is 17.9. The second-order valence-electron chi connectivity index (χ2n) is 5.69. The van der Waals surface area contributed by atoms with Crippen LogP contribution in [-0.2, 0) is 6.42 Å². The van der Waals surface area contributed by atoms with Gasteiger partial charge >= 0.3 is 0 Å². The first-order valence-electron chi connectivity index (χ1n) is 8.03. The molecule has 1 aromatic carbocycles. The molecule has 0 bridgehead atoms. The highest BCUT2D eigenvalue weighted by Crippen LogP contribution is 2.28. The van der Waals surface area contributed by atoms with Crippen LogP contribution in [0.15, 0.2) is 53.9 Å². The average molecular weight is 371 g/mol. The molecule has 2 aromatic heterocycles. The van der Waals surface area contributed by atoms with Crippen LogP contribution in [0.25, 0.3) is 0 Å². The molecular weight excluding hydrogens is 353 g/mol. The molecule has 0 fully saturated rings. The Kier molecular flexibility index (Phi) is 5.48. The summed E-state index contributed by atoms with van der Waals surface area (Å²) in [4.78, 5) is 17.7. The number of nitrogen functional groups attached to an aromatic ring is 1. The summed E-state index contributed by atoms with van der Waals surface area (Å²) in [7, 11) is 0. The van der Waals surface area contributed by atoms with E-state index >= 15 is 0 Å². The average Bonchev–Trinajstić information content (AvgIpc) is 3.14. The fraction of sp³-hybridized carbons (Fsp3) is 0.158. The number of benzene rings is 1. The standard InChI is InChI=1S/C19H18FN3O2S/c20-9-8-13-6-7-15(18(21)22-13)19(25)23-17(16-5-2-10-26-16)12-3-1-4-14(24)11-12/h1-7,10-11,17,24H,8-9H2,(H2,21,22)(H,23,25). The Hall–Kier alpha value is -2.93. The van der Waals surface area contributed by atoms with Crippen LogP contribution >= 0.6 is 11.3 Å². The molecule has 0 aliphatic rings. The van der Waals surface area contributed by atoms with Gasteiger partial charge in [-0.25, -0.2) is 4.98 Å². The monoisotopic (exact) mass is 371 g/mol. The third-order valence-electron chi connectivity index (χ3n) is 3.88. The van der Waals surface area contributed by atoms with Crippen molar-refractivity contribution < 1.29 is 14.3 Å². The summed E-state index contributed by atoms with van der Waals surface area (Å²) in [6, 6.07) is 13.2. The Bertz CT molecular complexity index is 900. The van der Waals surface area contributed by atoms with Gasteiger partial charge in [0.1, 0.15) is 11.6 Å². The third-order valence-corrected chi connectivity index (χ3v) is 4.82. The van der Waals surface area contributed by atoms with Crippen LogP contribution < -0.4 is 11.1 Å². The van der Waals surface area contributed by atoms with Crippen LogP contribution in [0.2, 0.25) is 0 Å². The molecule has 0 aliphatic carbocycles. The Morgan fingerprint density at radius 2 is 2.12 bits per heavy atom. The summed E-state index contributed by atoms with van der Waals surface area (Å²) in [5, 5.41) is 14.6. The van der Waals surface area contributed by atoms with E-state index in [4.69, 9.17) is 5.73 Å². The number of hydrogen-bond acceptors (Lipinski definition) is 5. The van der Waals surface area contributed by atoms with Crippen LogP contribution in [-0.4, -0.2) is 22.7 Å². The van der Waals surface area contributed by atoms with E-state index < -0.39 is 12.7 Å². The zero-order valence-corrected chi connectivity index (χ0v) is 14.7. The number of halogens is 1. The molecule has 0 saturated heterocycles. The Balaban J connectivity index is 1.89. The molecule has 3 aromatic rings. The number of aromatic hydroxyl groups is 1. The molecule has 1 atom stereocenters. The van der Waals surface area contributed by atoms with E-state index in [1.54, 1.807) is 30.3 Å². The number of thiophene rings is 1. The largest absolute Gasteiger partial charge is 0.508 e. The maximum Gasteiger partial charge on any atom is 0.255 e. The van der Waals surface area contributed by atoms with Crippen LogP contribution in [0, 0.1) is 0 Å². The van der Waals surface area contributed by atoms with E-state index in [9.17, 15) is 14.3 Å². The highest BCUT2D eigenvalue weighted by Gasteiger charge is 2.21. The lowest BCUT2D eigenvalue weighted by atomic mass is 10.0. The van der Waals surface area contributed by atoms with Crippen LogP contribution in [0.1, 0.15) is 32.5 Å². The zero-order valence-electron chi connectivity index (χ0n) is 13.9. The van der Waals surface area contributed by atoms with E-state index in [-0.39, 0.29) is 29.5 Å². The number of carbonyl (C=O) groups is 1. The van der Waals surface area contributed by atoms with E-state index in [0.29, 0.717) is 5.69 Å². The second-order valence-corrected chi connectivity index (χ2v) is 6.67.